The Labute approximate surface area is 157 Å². The van der Waals surface area contributed by atoms with Crippen molar-refractivity contribution < 1.29 is 15.0 Å². The van der Waals surface area contributed by atoms with Crippen LogP contribution in [0, 0.1) is 0 Å². The molecule has 1 saturated heterocycles. The number of benzene rings is 1. The lowest BCUT2D eigenvalue weighted by Crippen LogP contribution is -2.38. The summed E-state index contributed by atoms with van der Waals surface area (Å²) in [6.07, 6.45) is 3.86. The van der Waals surface area contributed by atoms with Gasteiger partial charge in [-0.25, -0.2) is 0 Å². The van der Waals surface area contributed by atoms with E-state index in [2.05, 4.69) is 4.90 Å². The molecule has 0 atom stereocenters. The van der Waals surface area contributed by atoms with Crippen LogP contribution in [0.5, 0.6) is 0 Å². The number of likely N-dealkylation sites (tertiary alicyclic amines) is 1. The molecule has 1 aliphatic rings. The second kappa shape index (κ2) is 11.3. The van der Waals surface area contributed by atoms with Crippen LogP contribution >= 0.6 is 0 Å². The van der Waals surface area contributed by atoms with Crippen LogP contribution in [0.1, 0.15) is 35.2 Å². The summed E-state index contributed by atoms with van der Waals surface area (Å²) in [6, 6.07) is 7.64. The van der Waals surface area contributed by atoms with E-state index in [0.717, 1.165) is 31.7 Å². The summed E-state index contributed by atoms with van der Waals surface area (Å²) in [5.41, 5.74) is 1.77. The standard InChI is InChI=1S/C20H33N3O3/c1-21(11-12-22-9-3-2-4-10-22)20(26)19-7-5-18(6-8-19)17-23(13-15-24)14-16-25/h5-8,24-25H,2-4,9-17H2,1H3. The molecular weight excluding hydrogens is 330 g/mol. The fourth-order valence-electron chi connectivity index (χ4n) is 3.36. The van der Waals surface area contributed by atoms with Crippen LogP contribution in [0.2, 0.25) is 0 Å². The predicted octanol–water partition coefficient (Wildman–Crippen LogP) is 1.03. The fraction of sp³-hybridized carbons (Fsp3) is 0.650. The zero-order valence-electron chi connectivity index (χ0n) is 15.9. The number of aliphatic hydroxyl groups is 2. The average molecular weight is 364 g/mol. The van der Waals surface area contributed by atoms with E-state index in [1.807, 2.05) is 36.2 Å². The van der Waals surface area contributed by atoms with Gasteiger partial charge in [0.1, 0.15) is 0 Å². The first-order valence-corrected chi connectivity index (χ1v) is 9.65. The zero-order valence-corrected chi connectivity index (χ0v) is 15.9. The number of rotatable bonds is 10. The zero-order chi connectivity index (χ0) is 18.8. The highest BCUT2D eigenvalue weighted by Gasteiger charge is 2.15. The molecule has 1 aromatic rings. The first-order valence-electron chi connectivity index (χ1n) is 9.65. The van der Waals surface area contributed by atoms with E-state index in [4.69, 9.17) is 10.2 Å². The van der Waals surface area contributed by atoms with Crippen LogP contribution in [0.25, 0.3) is 0 Å². The van der Waals surface area contributed by atoms with Crippen LogP contribution in [0.4, 0.5) is 0 Å². The average Bonchev–Trinajstić information content (AvgIpc) is 2.67. The van der Waals surface area contributed by atoms with E-state index in [1.165, 1.54) is 19.3 Å². The molecule has 0 aliphatic carbocycles. The molecule has 6 heteroatoms. The fourth-order valence-corrected chi connectivity index (χ4v) is 3.36. The van der Waals surface area contributed by atoms with Gasteiger partial charge in [0.2, 0.25) is 0 Å². The van der Waals surface area contributed by atoms with Crippen LogP contribution in [0.3, 0.4) is 0 Å². The SMILES string of the molecule is CN(CCN1CCCCC1)C(=O)c1ccc(CN(CCO)CCO)cc1. The third-order valence-electron chi connectivity index (χ3n) is 4.99. The molecular formula is C20H33N3O3. The second-order valence-corrected chi connectivity index (χ2v) is 7.05. The van der Waals surface area contributed by atoms with E-state index in [0.29, 0.717) is 25.2 Å². The van der Waals surface area contributed by atoms with Gasteiger partial charge >= 0.3 is 0 Å². The minimum absolute atomic E-state index is 0.0520. The Morgan fingerprint density at radius 1 is 1.00 bits per heavy atom. The molecule has 0 aromatic heterocycles. The summed E-state index contributed by atoms with van der Waals surface area (Å²) >= 11 is 0. The molecule has 0 bridgehead atoms. The monoisotopic (exact) mass is 363 g/mol. The van der Waals surface area contributed by atoms with Gasteiger partial charge in [0, 0.05) is 45.3 Å². The summed E-state index contributed by atoms with van der Waals surface area (Å²) in [4.78, 5) is 18.8. The topological polar surface area (TPSA) is 67.2 Å². The Hall–Kier alpha value is -1.47. The Kier molecular flexibility index (Phi) is 9.05. The molecule has 146 valence electrons. The predicted molar refractivity (Wildman–Crippen MR) is 103 cm³/mol. The van der Waals surface area contributed by atoms with E-state index in [1.54, 1.807) is 4.90 Å². The van der Waals surface area contributed by atoms with Crippen molar-refractivity contribution in [1.82, 2.24) is 14.7 Å². The third-order valence-corrected chi connectivity index (χ3v) is 4.99. The first-order chi connectivity index (χ1) is 12.6. The van der Waals surface area contributed by atoms with Crippen molar-refractivity contribution >= 4 is 5.91 Å². The molecule has 1 fully saturated rings. The van der Waals surface area contributed by atoms with E-state index in [9.17, 15) is 4.79 Å². The maximum Gasteiger partial charge on any atom is 0.253 e. The van der Waals surface area contributed by atoms with Gasteiger partial charge in [0.15, 0.2) is 0 Å². The minimum atomic E-state index is 0.0520. The summed E-state index contributed by atoms with van der Waals surface area (Å²) in [6.45, 7) is 5.83. The maximum atomic E-state index is 12.6. The first kappa shape index (κ1) is 20.8. The molecule has 26 heavy (non-hydrogen) atoms. The number of piperidine rings is 1. The number of aliphatic hydroxyl groups excluding tert-OH is 2. The molecule has 6 nitrogen and oxygen atoms in total. The molecule has 1 aliphatic heterocycles. The summed E-state index contributed by atoms with van der Waals surface area (Å²) in [5, 5.41) is 18.2. The van der Waals surface area contributed by atoms with Gasteiger partial charge in [-0.05, 0) is 43.6 Å². The maximum absolute atomic E-state index is 12.6. The van der Waals surface area contributed by atoms with E-state index >= 15 is 0 Å². The molecule has 0 unspecified atom stereocenters. The molecule has 0 radical (unpaired) electrons. The van der Waals surface area contributed by atoms with Gasteiger partial charge in [-0.15, -0.1) is 0 Å². The quantitative estimate of drug-likeness (QED) is 0.650. The lowest BCUT2D eigenvalue weighted by molar-refractivity contribution is 0.0773. The van der Waals surface area contributed by atoms with Crippen LogP contribution < -0.4 is 0 Å². The van der Waals surface area contributed by atoms with Crippen molar-refractivity contribution in [2.24, 2.45) is 0 Å². The molecule has 1 aromatic carbocycles. The molecule has 2 rings (SSSR count). The van der Waals surface area contributed by atoms with Crippen LogP contribution in [0.15, 0.2) is 24.3 Å². The van der Waals surface area contributed by atoms with Gasteiger partial charge in [-0.3, -0.25) is 9.69 Å². The third kappa shape index (κ3) is 6.68. The summed E-state index contributed by atoms with van der Waals surface area (Å²) in [7, 11) is 1.87. The molecule has 0 saturated carbocycles. The Morgan fingerprint density at radius 2 is 1.62 bits per heavy atom. The Morgan fingerprint density at radius 3 is 2.19 bits per heavy atom. The molecule has 0 spiro atoms. The summed E-state index contributed by atoms with van der Waals surface area (Å²) < 4.78 is 0. The normalized spacial score (nSPS) is 15.4. The van der Waals surface area contributed by atoms with Gasteiger partial charge in [-0.1, -0.05) is 18.6 Å². The van der Waals surface area contributed by atoms with Crippen molar-refractivity contribution in [1.29, 1.82) is 0 Å². The van der Waals surface area contributed by atoms with Crippen LogP contribution in [-0.2, 0) is 6.54 Å². The number of likely N-dealkylation sites (N-methyl/N-ethyl adjacent to an activating group) is 1. The highest BCUT2D eigenvalue weighted by atomic mass is 16.3. The highest BCUT2D eigenvalue weighted by Crippen LogP contribution is 2.11. The van der Waals surface area contributed by atoms with Gasteiger partial charge in [0.05, 0.1) is 13.2 Å². The van der Waals surface area contributed by atoms with Crippen molar-refractivity contribution in [3.8, 4) is 0 Å². The lowest BCUT2D eigenvalue weighted by atomic mass is 10.1. The largest absolute Gasteiger partial charge is 0.395 e. The minimum Gasteiger partial charge on any atom is -0.395 e. The van der Waals surface area contributed by atoms with Crippen LogP contribution in [-0.4, -0.2) is 90.3 Å². The summed E-state index contributed by atoms with van der Waals surface area (Å²) in [5.74, 6) is 0.0520. The van der Waals surface area contributed by atoms with Crippen molar-refractivity contribution in [2.75, 3.05) is 59.5 Å². The number of nitrogens with zero attached hydrogens (tertiary/aromatic N) is 3. The molecule has 1 amide bonds. The van der Waals surface area contributed by atoms with Gasteiger partial charge < -0.3 is 20.0 Å². The lowest BCUT2D eigenvalue weighted by Gasteiger charge is -2.28. The number of carbonyl (C=O) groups excluding carboxylic acids is 1. The molecule has 2 N–H and O–H groups in total. The van der Waals surface area contributed by atoms with Gasteiger partial charge in [0.25, 0.3) is 5.91 Å². The number of hydrogen-bond donors (Lipinski definition) is 2. The molecule has 1 heterocycles. The van der Waals surface area contributed by atoms with Crippen molar-refractivity contribution in [2.45, 2.75) is 25.8 Å². The second-order valence-electron chi connectivity index (χ2n) is 7.05. The smallest absolute Gasteiger partial charge is 0.253 e. The Bertz CT molecular complexity index is 524. The van der Waals surface area contributed by atoms with Crippen molar-refractivity contribution in [3.63, 3.8) is 0 Å². The number of hydrogen-bond acceptors (Lipinski definition) is 5. The number of amides is 1. The highest BCUT2D eigenvalue weighted by molar-refractivity contribution is 5.94. The van der Waals surface area contributed by atoms with E-state index in [-0.39, 0.29) is 19.1 Å². The number of carbonyl (C=O) groups is 1. The van der Waals surface area contributed by atoms with E-state index < -0.39 is 0 Å². The Balaban J connectivity index is 1.84. The van der Waals surface area contributed by atoms with Crippen molar-refractivity contribution in [3.05, 3.63) is 35.4 Å². The van der Waals surface area contributed by atoms with Gasteiger partial charge in [-0.2, -0.15) is 0 Å².